The second-order valence-electron chi connectivity index (χ2n) is 6.59. The molecule has 8 nitrogen and oxygen atoms in total. The highest BCUT2D eigenvalue weighted by molar-refractivity contribution is 6.30. The summed E-state index contributed by atoms with van der Waals surface area (Å²) in [6.07, 6.45) is -0.166. The fraction of sp³-hybridized carbons (Fsp3) is 0.143. The van der Waals surface area contributed by atoms with Gasteiger partial charge in [0.15, 0.2) is 5.82 Å². The molecule has 152 valence electrons. The van der Waals surface area contributed by atoms with Gasteiger partial charge in [-0.3, -0.25) is 15.2 Å². The Bertz CT molecular complexity index is 1290. The number of H-pyrrole nitrogens is 1. The molecule has 0 spiro atoms. The first-order chi connectivity index (χ1) is 14.4. The minimum absolute atomic E-state index is 0.109. The summed E-state index contributed by atoms with van der Waals surface area (Å²) in [6.45, 7) is 1.78. The minimum Gasteiger partial charge on any atom is -0.497 e. The molecule has 0 saturated carbocycles. The van der Waals surface area contributed by atoms with Crippen LogP contribution in [0, 0.1) is 6.92 Å². The predicted octanol–water partition coefficient (Wildman–Crippen LogP) is 3.73. The van der Waals surface area contributed by atoms with Crippen molar-refractivity contribution in [1.82, 2.24) is 15.2 Å². The lowest BCUT2D eigenvalue weighted by Crippen LogP contribution is -2.21. The number of amides is 1. The van der Waals surface area contributed by atoms with E-state index in [-0.39, 0.29) is 17.9 Å². The van der Waals surface area contributed by atoms with Crippen LogP contribution in [0.1, 0.15) is 11.1 Å². The van der Waals surface area contributed by atoms with Crippen molar-refractivity contribution >= 4 is 34.4 Å². The number of nitrogens with zero attached hydrogens (tertiary/aromatic N) is 2. The summed E-state index contributed by atoms with van der Waals surface area (Å²) in [5.74, 6) is 0.742. The number of benzene rings is 2. The van der Waals surface area contributed by atoms with Gasteiger partial charge in [-0.1, -0.05) is 11.6 Å². The normalized spacial score (nSPS) is 10.9. The third kappa shape index (κ3) is 3.90. The summed E-state index contributed by atoms with van der Waals surface area (Å²) in [7, 11) is 1.53. The maximum atomic E-state index is 12.5. The first kappa shape index (κ1) is 19.7. The summed E-state index contributed by atoms with van der Waals surface area (Å²) in [6, 6.07) is 12.2. The summed E-state index contributed by atoms with van der Waals surface area (Å²) in [5.41, 5.74) is 1.56. The molecule has 2 N–H and O–H groups in total. The molecule has 0 aliphatic heterocycles. The van der Waals surface area contributed by atoms with Crippen molar-refractivity contribution < 1.29 is 13.9 Å². The SMILES string of the molecule is COc1ccc2c(C)c(CC(=O)Nc3n[nH]c(-c4ccc(Cl)cc4)n3)c(=O)oc2c1. The monoisotopic (exact) mass is 424 g/mol. The average Bonchev–Trinajstić information content (AvgIpc) is 3.19. The molecule has 4 rings (SSSR count). The molecule has 1 amide bonds. The van der Waals surface area contributed by atoms with Gasteiger partial charge >= 0.3 is 5.63 Å². The number of rotatable bonds is 5. The largest absolute Gasteiger partial charge is 0.497 e. The molecular formula is C21H17ClN4O4. The van der Waals surface area contributed by atoms with Crippen LogP contribution in [-0.4, -0.2) is 28.2 Å². The van der Waals surface area contributed by atoms with E-state index < -0.39 is 11.5 Å². The molecule has 0 saturated heterocycles. The highest BCUT2D eigenvalue weighted by Gasteiger charge is 2.17. The van der Waals surface area contributed by atoms with Gasteiger partial charge in [-0.25, -0.2) is 4.79 Å². The van der Waals surface area contributed by atoms with Gasteiger partial charge in [0.25, 0.3) is 0 Å². The predicted molar refractivity (Wildman–Crippen MR) is 113 cm³/mol. The number of aryl methyl sites for hydroxylation is 1. The van der Waals surface area contributed by atoms with E-state index in [2.05, 4.69) is 20.5 Å². The number of hydrogen-bond acceptors (Lipinski definition) is 6. The van der Waals surface area contributed by atoms with E-state index in [1.165, 1.54) is 7.11 Å². The molecule has 0 aliphatic rings. The zero-order valence-corrected chi connectivity index (χ0v) is 16.9. The number of carbonyl (C=O) groups is 1. The third-order valence-corrected chi connectivity index (χ3v) is 4.94. The highest BCUT2D eigenvalue weighted by Crippen LogP contribution is 2.24. The number of fused-ring (bicyclic) bond motifs is 1. The van der Waals surface area contributed by atoms with Crippen LogP contribution in [0.5, 0.6) is 5.75 Å². The summed E-state index contributed by atoms with van der Waals surface area (Å²) < 4.78 is 10.5. The Labute approximate surface area is 175 Å². The van der Waals surface area contributed by atoms with E-state index >= 15 is 0 Å². The fourth-order valence-corrected chi connectivity index (χ4v) is 3.22. The van der Waals surface area contributed by atoms with E-state index in [0.29, 0.717) is 27.7 Å². The van der Waals surface area contributed by atoms with Crippen molar-refractivity contribution in [3.63, 3.8) is 0 Å². The van der Waals surface area contributed by atoms with Crippen molar-refractivity contribution in [2.75, 3.05) is 12.4 Å². The lowest BCUT2D eigenvalue weighted by atomic mass is 10.0. The second kappa shape index (κ2) is 8.00. The van der Waals surface area contributed by atoms with Gasteiger partial charge in [0.1, 0.15) is 11.3 Å². The van der Waals surface area contributed by atoms with Crippen molar-refractivity contribution in [2.45, 2.75) is 13.3 Å². The van der Waals surface area contributed by atoms with Crippen LogP contribution in [0.25, 0.3) is 22.4 Å². The fourth-order valence-electron chi connectivity index (χ4n) is 3.09. The Morgan fingerprint density at radius 3 is 2.73 bits per heavy atom. The average molecular weight is 425 g/mol. The quantitative estimate of drug-likeness (QED) is 0.472. The second-order valence-corrected chi connectivity index (χ2v) is 7.03. The number of nitrogens with one attached hydrogen (secondary N) is 2. The molecule has 0 bridgehead atoms. The van der Waals surface area contributed by atoms with E-state index in [4.69, 9.17) is 20.8 Å². The first-order valence-corrected chi connectivity index (χ1v) is 9.41. The van der Waals surface area contributed by atoms with Gasteiger partial charge < -0.3 is 9.15 Å². The molecule has 2 heterocycles. The van der Waals surface area contributed by atoms with Gasteiger partial charge in [-0.2, -0.15) is 4.98 Å². The van der Waals surface area contributed by atoms with Crippen molar-refractivity contribution in [1.29, 1.82) is 0 Å². The zero-order chi connectivity index (χ0) is 21.3. The molecule has 0 radical (unpaired) electrons. The van der Waals surface area contributed by atoms with Gasteiger partial charge in [0, 0.05) is 22.0 Å². The zero-order valence-electron chi connectivity index (χ0n) is 16.2. The van der Waals surface area contributed by atoms with Crippen LogP contribution in [0.15, 0.2) is 51.7 Å². The Balaban J connectivity index is 1.54. The van der Waals surface area contributed by atoms with Crippen molar-refractivity contribution in [2.24, 2.45) is 0 Å². The maximum Gasteiger partial charge on any atom is 0.340 e. The molecule has 9 heteroatoms. The summed E-state index contributed by atoms with van der Waals surface area (Å²) in [4.78, 5) is 29.2. The van der Waals surface area contributed by atoms with Crippen molar-refractivity contribution in [3.05, 3.63) is 69.0 Å². The number of methoxy groups -OCH3 is 1. The Kier molecular flexibility index (Phi) is 5.24. The van der Waals surface area contributed by atoms with Gasteiger partial charge in [0.2, 0.25) is 11.9 Å². The molecule has 2 aromatic heterocycles. The highest BCUT2D eigenvalue weighted by atomic mass is 35.5. The molecule has 0 atom stereocenters. The smallest absolute Gasteiger partial charge is 0.340 e. The van der Waals surface area contributed by atoms with Crippen LogP contribution >= 0.6 is 11.6 Å². The lowest BCUT2D eigenvalue weighted by Gasteiger charge is -2.08. The number of ether oxygens (including phenoxy) is 1. The Morgan fingerprint density at radius 1 is 1.23 bits per heavy atom. The molecule has 0 fully saturated rings. The number of anilines is 1. The van der Waals surface area contributed by atoms with Crippen LogP contribution in [0.2, 0.25) is 5.02 Å². The van der Waals surface area contributed by atoms with E-state index in [0.717, 1.165) is 10.9 Å². The molecule has 2 aromatic carbocycles. The third-order valence-electron chi connectivity index (χ3n) is 4.69. The molecular weight excluding hydrogens is 408 g/mol. The van der Waals surface area contributed by atoms with E-state index in [1.54, 1.807) is 49.4 Å². The van der Waals surface area contributed by atoms with Gasteiger partial charge in [0.05, 0.1) is 19.1 Å². The molecule has 0 aliphatic carbocycles. The topological polar surface area (TPSA) is 110 Å². The lowest BCUT2D eigenvalue weighted by molar-refractivity contribution is -0.115. The first-order valence-electron chi connectivity index (χ1n) is 9.03. The summed E-state index contributed by atoms with van der Waals surface area (Å²) in [5, 5.41) is 10.7. The Hall–Kier alpha value is -3.65. The summed E-state index contributed by atoms with van der Waals surface area (Å²) >= 11 is 5.88. The molecule has 30 heavy (non-hydrogen) atoms. The molecule has 0 unspecified atom stereocenters. The minimum atomic E-state index is -0.569. The number of aromatic amines is 1. The number of hydrogen-bond donors (Lipinski definition) is 2. The van der Waals surface area contributed by atoms with E-state index in [9.17, 15) is 9.59 Å². The van der Waals surface area contributed by atoms with Crippen LogP contribution in [0.4, 0.5) is 5.95 Å². The maximum absolute atomic E-state index is 12.5. The molecule has 4 aromatic rings. The van der Waals surface area contributed by atoms with Crippen LogP contribution in [0.3, 0.4) is 0 Å². The van der Waals surface area contributed by atoms with Gasteiger partial charge in [-0.05, 0) is 48.9 Å². The number of halogens is 1. The van der Waals surface area contributed by atoms with Crippen LogP contribution in [-0.2, 0) is 11.2 Å². The van der Waals surface area contributed by atoms with Gasteiger partial charge in [-0.15, -0.1) is 5.10 Å². The number of carbonyl (C=O) groups excluding carboxylic acids is 1. The Morgan fingerprint density at radius 2 is 2.00 bits per heavy atom. The van der Waals surface area contributed by atoms with Crippen LogP contribution < -0.4 is 15.7 Å². The van der Waals surface area contributed by atoms with E-state index in [1.807, 2.05) is 0 Å². The standard InChI is InChI=1S/C21H17ClN4O4/c1-11-15-8-7-14(29-2)9-17(15)30-20(28)16(11)10-18(27)23-21-24-19(25-26-21)12-3-5-13(22)6-4-12/h3-9H,10H2,1-2H3,(H2,23,24,25,26,27). The number of aromatic nitrogens is 3. The van der Waals surface area contributed by atoms with Crippen molar-refractivity contribution in [3.8, 4) is 17.1 Å².